The van der Waals surface area contributed by atoms with Crippen LogP contribution >= 0.6 is 11.3 Å². The molecule has 0 spiro atoms. The summed E-state index contributed by atoms with van der Waals surface area (Å²) in [5.41, 5.74) is 7.38. The van der Waals surface area contributed by atoms with E-state index in [-0.39, 0.29) is 11.7 Å². The minimum Gasteiger partial charge on any atom is -0.320 e. The molecule has 2 aromatic rings. The second kappa shape index (κ2) is 7.10. The maximum atomic E-state index is 12.0. The van der Waals surface area contributed by atoms with Crippen molar-refractivity contribution in [1.29, 1.82) is 0 Å². The molecule has 6 heteroatoms. The van der Waals surface area contributed by atoms with Crippen LogP contribution in [0.2, 0.25) is 0 Å². The predicted molar refractivity (Wildman–Crippen MR) is 83.5 cm³/mol. The van der Waals surface area contributed by atoms with E-state index in [0.717, 1.165) is 12.0 Å². The highest BCUT2D eigenvalue weighted by atomic mass is 32.1. The topological polar surface area (TPSA) is 85.1 Å². The van der Waals surface area contributed by atoms with Crippen LogP contribution in [0.25, 0.3) is 0 Å². The molecule has 1 aromatic heterocycles. The maximum Gasteiger partial charge on any atom is 0.243 e. The molecule has 21 heavy (non-hydrogen) atoms. The number of aryl methyl sites for hydroxylation is 1. The second-order valence-corrected chi connectivity index (χ2v) is 5.57. The summed E-state index contributed by atoms with van der Waals surface area (Å²) in [5.74, 6) is -0.407. The number of carbonyl (C=O) groups is 2. The number of amides is 1. The Morgan fingerprint density at radius 2 is 2.05 bits per heavy atom. The Morgan fingerprint density at radius 3 is 2.67 bits per heavy atom. The smallest absolute Gasteiger partial charge is 0.243 e. The third-order valence-electron chi connectivity index (χ3n) is 3.02. The predicted octanol–water partition coefficient (Wildman–Crippen LogP) is 2.24. The molecule has 0 aliphatic heterocycles. The lowest BCUT2D eigenvalue weighted by Crippen LogP contribution is -2.36. The first-order valence-electron chi connectivity index (χ1n) is 6.63. The molecule has 0 saturated heterocycles. The summed E-state index contributed by atoms with van der Waals surface area (Å²) in [7, 11) is 0. The first kappa shape index (κ1) is 15.3. The summed E-state index contributed by atoms with van der Waals surface area (Å²) in [6.45, 7) is 1.44. The minimum absolute atomic E-state index is 0.125. The van der Waals surface area contributed by atoms with Crippen LogP contribution in [-0.2, 0) is 11.2 Å². The lowest BCUT2D eigenvalue weighted by atomic mass is 10.1. The van der Waals surface area contributed by atoms with Gasteiger partial charge >= 0.3 is 0 Å². The Bertz CT molecular complexity index is 625. The number of ketones is 1. The summed E-state index contributed by atoms with van der Waals surface area (Å²) in [4.78, 5) is 27.1. The zero-order valence-electron chi connectivity index (χ0n) is 11.7. The molecular weight excluding hydrogens is 286 g/mol. The Morgan fingerprint density at radius 1 is 1.33 bits per heavy atom. The fraction of sp³-hybridized carbons (Fsp3) is 0.267. The molecule has 0 saturated carbocycles. The number of carbonyl (C=O) groups excluding carboxylic acids is 2. The number of aromatic nitrogens is 1. The van der Waals surface area contributed by atoms with Gasteiger partial charge in [0, 0.05) is 12.3 Å². The van der Waals surface area contributed by atoms with E-state index < -0.39 is 6.04 Å². The Labute approximate surface area is 127 Å². The number of Topliss-reactive ketones (excluding diaryl/α,β-unsaturated/α-hetero) is 1. The lowest BCUT2D eigenvalue weighted by Gasteiger charge is -2.10. The average Bonchev–Trinajstić information content (AvgIpc) is 2.94. The van der Waals surface area contributed by atoms with Crippen LogP contribution in [0.3, 0.4) is 0 Å². The first-order chi connectivity index (χ1) is 10.1. The first-order valence-corrected chi connectivity index (χ1v) is 7.51. The van der Waals surface area contributed by atoms with Crippen LogP contribution in [0, 0.1) is 0 Å². The Hall–Kier alpha value is -2.05. The molecule has 0 fully saturated rings. The molecule has 5 nitrogen and oxygen atoms in total. The molecule has 0 aliphatic carbocycles. The largest absolute Gasteiger partial charge is 0.320 e. The number of anilines is 1. The van der Waals surface area contributed by atoms with Crippen molar-refractivity contribution in [2.75, 3.05) is 5.32 Å². The molecule has 1 unspecified atom stereocenters. The van der Waals surface area contributed by atoms with Gasteiger partial charge in [0.05, 0.1) is 6.04 Å². The molecule has 1 amide bonds. The standard InChI is InChI=1S/C15H17N3O2S/c1-10(19)13-9-21-15(17-13)18-14(20)12(16)8-7-11-5-3-2-4-6-11/h2-6,9,12H,7-8,16H2,1H3,(H,17,18,20). The molecule has 0 aliphatic rings. The van der Waals surface area contributed by atoms with Crippen molar-refractivity contribution in [2.45, 2.75) is 25.8 Å². The number of nitrogens with one attached hydrogen (secondary N) is 1. The maximum absolute atomic E-state index is 12.0. The molecule has 1 aromatic carbocycles. The van der Waals surface area contributed by atoms with Crippen LogP contribution in [0.5, 0.6) is 0 Å². The number of hydrogen-bond acceptors (Lipinski definition) is 5. The van der Waals surface area contributed by atoms with Crippen molar-refractivity contribution in [2.24, 2.45) is 5.73 Å². The minimum atomic E-state index is -0.602. The number of nitrogens with zero attached hydrogens (tertiary/aromatic N) is 1. The third kappa shape index (κ3) is 4.47. The van der Waals surface area contributed by atoms with Gasteiger partial charge in [-0.3, -0.25) is 9.59 Å². The summed E-state index contributed by atoms with van der Waals surface area (Å²) in [6, 6.07) is 9.27. The van der Waals surface area contributed by atoms with Crippen molar-refractivity contribution in [3.8, 4) is 0 Å². The van der Waals surface area contributed by atoms with Crippen molar-refractivity contribution in [3.63, 3.8) is 0 Å². The van der Waals surface area contributed by atoms with E-state index in [1.54, 1.807) is 5.38 Å². The van der Waals surface area contributed by atoms with Gasteiger partial charge in [0.15, 0.2) is 10.9 Å². The number of nitrogens with two attached hydrogens (primary N) is 1. The van der Waals surface area contributed by atoms with E-state index in [4.69, 9.17) is 5.73 Å². The van der Waals surface area contributed by atoms with Crippen LogP contribution in [0.15, 0.2) is 35.7 Å². The molecule has 0 bridgehead atoms. The average molecular weight is 303 g/mol. The fourth-order valence-corrected chi connectivity index (χ4v) is 2.54. The van der Waals surface area contributed by atoms with Crippen LogP contribution in [0.1, 0.15) is 29.4 Å². The highest BCUT2D eigenvalue weighted by Crippen LogP contribution is 2.16. The van der Waals surface area contributed by atoms with Gasteiger partial charge in [-0.05, 0) is 18.4 Å². The van der Waals surface area contributed by atoms with Gasteiger partial charge in [0.1, 0.15) is 5.69 Å². The highest BCUT2D eigenvalue weighted by Gasteiger charge is 2.15. The van der Waals surface area contributed by atoms with Crippen LogP contribution < -0.4 is 11.1 Å². The molecule has 2 rings (SSSR count). The summed E-state index contributed by atoms with van der Waals surface area (Å²) < 4.78 is 0. The van der Waals surface area contributed by atoms with E-state index in [2.05, 4.69) is 10.3 Å². The number of rotatable bonds is 6. The SMILES string of the molecule is CC(=O)c1csc(NC(=O)C(N)CCc2ccccc2)n1. The van der Waals surface area contributed by atoms with Gasteiger partial charge in [0.2, 0.25) is 5.91 Å². The van der Waals surface area contributed by atoms with E-state index in [0.29, 0.717) is 17.2 Å². The number of thiazole rings is 1. The van der Waals surface area contributed by atoms with Crippen molar-refractivity contribution >= 4 is 28.2 Å². The molecule has 110 valence electrons. The molecule has 1 atom stereocenters. The van der Waals surface area contributed by atoms with Gasteiger partial charge in [-0.2, -0.15) is 0 Å². The number of hydrogen-bond donors (Lipinski definition) is 2. The van der Waals surface area contributed by atoms with Gasteiger partial charge in [-0.1, -0.05) is 30.3 Å². The van der Waals surface area contributed by atoms with Crippen molar-refractivity contribution < 1.29 is 9.59 Å². The number of benzene rings is 1. The zero-order valence-corrected chi connectivity index (χ0v) is 12.5. The van der Waals surface area contributed by atoms with Gasteiger partial charge < -0.3 is 11.1 Å². The van der Waals surface area contributed by atoms with E-state index in [1.807, 2.05) is 30.3 Å². The Kier molecular flexibility index (Phi) is 5.19. The zero-order chi connectivity index (χ0) is 15.2. The van der Waals surface area contributed by atoms with Gasteiger partial charge in [0.25, 0.3) is 0 Å². The molecule has 0 radical (unpaired) electrons. The fourth-order valence-electron chi connectivity index (χ4n) is 1.79. The third-order valence-corrected chi connectivity index (χ3v) is 3.78. The molecule has 3 N–H and O–H groups in total. The van der Waals surface area contributed by atoms with Crippen molar-refractivity contribution in [1.82, 2.24) is 4.98 Å². The Balaban J connectivity index is 1.85. The monoisotopic (exact) mass is 303 g/mol. The quantitative estimate of drug-likeness (QED) is 0.801. The van der Waals surface area contributed by atoms with Gasteiger partial charge in [-0.15, -0.1) is 11.3 Å². The second-order valence-electron chi connectivity index (χ2n) is 4.71. The molecular formula is C15H17N3O2S. The van der Waals surface area contributed by atoms with E-state index >= 15 is 0 Å². The lowest BCUT2D eigenvalue weighted by molar-refractivity contribution is -0.117. The van der Waals surface area contributed by atoms with Crippen LogP contribution in [-0.4, -0.2) is 22.7 Å². The molecule has 1 heterocycles. The van der Waals surface area contributed by atoms with Crippen molar-refractivity contribution in [3.05, 3.63) is 47.0 Å². The van der Waals surface area contributed by atoms with Gasteiger partial charge in [-0.25, -0.2) is 4.98 Å². The summed E-state index contributed by atoms with van der Waals surface area (Å²) in [5, 5.41) is 4.67. The van der Waals surface area contributed by atoms with E-state index in [9.17, 15) is 9.59 Å². The normalized spacial score (nSPS) is 11.9. The summed E-state index contributed by atoms with van der Waals surface area (Å²) >= 11 is 1.22. The van der Waals surface area contributed by atoms with E-state index in [1.165, 1.54) is 18.3 Å². The summed E-state index contributed by atoms with van der Waals surface area (Å²) in [6.07, 6.45) is 1.30. The highest BCUT2D eigenvalue weighted by molar-refractivity contribution is 7.14. The van der Waals surface area contributed by atoms with Crippen LogP contribution in [0.4, 0.5) is 5.13 Å².